The summed E-state index contributed by atoms with van der Waals surface area (Å²) in [7, 11) is 1.36. The summed E-state index contributed by atoms with van der Waals surface area (Å²) in [5, 5.41) is 5.36. The highest BCUT2D eigenvalue weighted by Crippen LogP contribution is 2.39. The topological polar surface area (TPSA) is 55.4 Å². The highest BCUT2D eigenvalue weighted by atomic mass is 32.2. The van der Waals surface area contributed by atoms with Crippen molar-refractivity contribution in [3.05, 3.63) is 46.8 Å². The molecule has 128 valence electrons. The normalized spacial score (nSPS) is 11.2. The van der Waals surface area contributed by atoms with Crippen molar-refractivity contribution in [1.29, 1.82) is 0 Å². The number of ether oxygens (including phenoxy) is 1. The second-order valence-electron chi connectivity index (χ2n) is 6.28. The highest BCUT2D eigenvalue weighted by molar-refractivity contribution is 7.99. The predicted molar refractivity (Wildman–Crippen MR) is 99.7 cm³/mol. The fourth-order valence-corrected chi connectivity index (χ4v) is 4.05. The smallest absolute Gasteiger partial charge is 0.339 e. The molecule has 1 amide bonds. The molecule has 0 unspecified atom stereocenters. The molecule has 6 heteroatoms. The summed E-state index contributed by atoms with van der Waals surface area (Å²) in [5.41, 5.74) is 1.14. The summed E-state index contributed by atoms with van der Waals surface area (Å²) in [4.78, 5) is 25.0. The van der Waals surface area contributed by atoms with E-state index >= 15 is 0 Å². The Bertz CT molecular complexity index is 718. The average molecular weight is 364 g/mol. The number of anilines is 1. The Morgan fingerprint density at radius 1 is 1.21 bits per heavy atom. The van der Waals surface area contributed by atoms with Crippen LogP contribution in [0.25, 0.3) is 0 Å². The third kappa shape index (κ3) is 4.61. The maximum absolute atomic E-state index is 12.3. The molecule has 1 N–H and O–H groups in total. The lowest BCUT2D eigenvalue weighted by Gasteiger charge is -2.17. The molecule has 0 fully saturated rings. The summed E-state index contributed by atoms with van der Waals surface area (Å²) in [6.45, 7) is 5.57. The van der Waals surface area contributed by atoms with Crippen molar-refractivity contribution in [2.24, 2.45) is 5.41 Å². The summed E-state index contributed by atoms with van der Waals surface area (Å²) in [5.74, 6) is 0.236. The van der Waals surface area contributed by atoms with Crippen LogP contribution in [-0.4, -0.2) is 19.0 Å². The Hall–Kier alpha value is -1.79. The van der Waals surface area contributed by atoms with E-state index in [1.165, 1.54) is 30.2 Å². The molecule has 0 aliphatic heterocycles. The molecular weight excluding hydrogens is 342 g/mol. The van der Waals surface area contributed by atoms with Gasteiger partial charge in [-0.2, -0.15) is 0 Å². The number of nitrogens with one attached hydrogen (secondary N) is 1. The summed E-state index contributed by atoms with van der Waals surface area (Å²) < 4.78 is 4.86. The first kappa shape index (κ1) is 18.5. The van der Waals surface area contributed by atoms with Crippen molar-refractivity contribution in [2.45, 2.75) is 31.4 Å². The molecule has 0 saturated heterocycles. The lowest BCUT2D eigenvalue weighted by atomic mass is 9.96. The van der Waals surface area contributed by atoms with Gasteiger partial charge in [-0.25, -0.2) is 4.79 Å². The van der Waals surface area contributed by atoms with E-state index in [4.69, 9.17) is 4.74 Å². The van der Waals surface area contributed by atoms with Gasteiger partial charge in [-0.05, 0) is 5.56 Å². The fraction of sp³-hybridized carbons (Fsp3) is 0.333. The number of esters is 1. The molecule has 0 radical (unpaired) electrons. The van der Waals surface area contributed by atoms with Crippen LogP contribution < -0.4 is 5.32 Å². The summed E-state index contributed by atoms with van der Waals surface area (Å²) in [6.07, 6.45) is 0. The Morgan fingerprint density at radius 3 is 2.46 bits per heavy atom. The molecule has 24 heavy (non-hydrogen) atoms. The van der Waals surface area contributed by atoms with Crippen LogP contribution in [0.2, 0.25) is 0 Å². The second-order valence-corrected chi connectivity index (χ2v) is 8.14. The number of benzene rings is 1. The van der Waals surface area contributed by atoms with Crippen LogP contribution in [0.4, 0.5) is 5.00 Å². The minimum absolute atomic E-state index is 0.0812. The highest BCUT2D eigenvalue weighted by Gasteiger charge is 2.25. The Labute approximate surface area is 150 Å². The molecule has 0 saturated carbocycles. The van der Waals surface area contributed by atoms with E-state index in [1.54, 1.807) is 5.38 Å². The van der Waals surface area contributed by atoms with Crippen molar-refractivity contribution in [1.82, 2.24) is 0 Å². The van der Waals surface area contributed by atoms with Gasteiger partial charge in [0.15, 0.2) is 0 Å². The third-order valence-electron chi connectivity index (χ3n) is 3.29. The van der Waals surface area contributed by atoms with Gasteiger partial charge in [0.1, 0.15) is 5.00 Å². The van der Waals surface area contributed by atoms with Crippen molar-refractivity contribution >= 4 is 40.0 Å². The maximum atomic E-state index is 12.3. The van der Waals surface area contributed by atoms with E-state index in [1.807, 2.05) is 51.1 Å². The van der Waals surface area contributed by atoms with E-state index in [0.717, 1.165) is 10.5 Å². The van der Waals surface area contributed by atoms with Gasteiger partial charge in [0.2, 0.25) is 5.91 Å². The molecule has 1 aromatic carbocycles. The van der Waals surface area contributed by atoms with Crippen molar-refractivity contribution in [2.75, 3.05) is 12.4 Å². The molecule has 0 aliphatic carbocycles. The first-order valence-corrected chi connectivity index (χ1v) is 9.37. The van der Waals surface area contributed by atoms with Gasteiger partial charge in [0.05, 0.1) is 17.6 Å². The van der Waals surface area contributed by atoms with Gasteiger partial charge in [-0.15, -0.1) is 23.1 Å². The third-order valence-corrected chi connectivity index (χ3v) is 5.50. The van der Waals surface area contributed by atoms with E-state index < -0.39 is 11.4 Å². The zero-order valence-corrected chi connectivity index (χ0v) is 15.8. The zero-order valence-electron chi connectivity index (χ0n) is 14.2. The van der Waals surface area contributed by atoms with Gasteiger partial charge in [-0.3, -0.25) is 4.79 Å². The Balaban J connectivity index is 2.26. The van der Waals surface area contributed by atoms with Gasteiger partial charge in [0.25, 0.3) is 0 Å². The molecule has 0 atom stereocenters. The lowest BCUT2D eigenvalue weighted by Crippen LogP contribution is -2.27. The number of thiophene rings is 1. The Morgan fingerprint density at radius 2 is 1.88 bits per heavy atom. The number of hydrogen-bond acceptors (Lipinski definition) is 5. The van der Waals surface area contributed by atoms with E-state index in [0.29, 0.717) is 16.3 Å². The van der Waals surface area contributed by atoms with Crippen LogP contribution in [0.1, 0.15) is 36.7 Å². The minimum atomic E-state index is -0.503. The maximum Gasteiger partial charge on any atom is 0.339 e. The van der Waals surface area contributed by atoms with Gasteiger partial charge >= 0.3 is 5.97 Å². The zero-order chi connectivity index (χ0) is 17.7. The van der Waals surface area contributed by atoms with Crippen LogP contribution in [0, 0.1) is 5.41 Å². The van der Waals surface area contributed by atoms with Crippen LogP contribution in [0.15, 0.2) is 40.6 Å². The second kappa shape index (κ2) is 7.85. The minimum Gasteiger partial charge on any atom is -0.465 e. The molecule has 1 heterocycles. The molecule has 4 nitrogen and oxygen atoms in total. The number of carbonyl (C=O) groups excluding carboxylic acids is 2. The number of rotatable bonds is 5. The SMILES string of the molecule is COC(=O)c1csc(NC(=O)C(C)(C)C)c1SCc1ccccc1. The van der Waals surface area contributed by atoms with Crippen LogP contribution in [0.3, 0.4) is 0 Å². The first-order valence-electron chi connectivity index (χ1n) is 7.51. The van der Waals surface area contributed by atoms with Gasteiger partial charge in [0, 0.05) is 16.5 Å². The summed E-state index contributed by atoms with van der Waals surface area (Å²) in [6, 6.07) is 9.99. The fourth-order valence-electron chi connectivity index (χ4n) is 1.85. The van der Waals surface area contributed by atoms with Gasteiger partial charge in [-0.1, -0.05) is 51.1 Å². The average Bonchev–Trinajstić information content (AvgIpc) is 2.95. The Kier molecular flexibility index (Phi) is 6.07. The predicted octanol–water partition coefficient (Wildman–Crippen LogP) is 4.81. The monoisotopic (exact) mass is 363 g/mol. The van der Waals surface area contributed by atoms with Crippen LogP contribution >= 0.6 is 23.1 Å². The number of methoxy groups -OCH3 is 1. The molecule has 2 aromatic rings. The van der Waals surface area contributed by atoms with Crippen LogP contribution in [0.5, 0.6) is 0 Å². The van der Waals surface area contributed by atoms with E-state index in [2.05, 4.69) is 5.32 Å². The summed E-state index contributed by atoms with van der Waals surface area (Å²) >= 11 is 2.87. The quantitative estimate of drug-likeness (QED) is 0.612. The number of amides is 1. The molecule has 0 spiro atoms. The first-order chi connectivity index (χ1) is 11.3. The standard InChI is InChI=1S/C18H21NO3S2/c1-18(2,3)17(21)19-15-14(13(11-24-15)16(20)22-4)23-10-12-8-6-5-7-9-12/h5-9,11H,10H2,1-4H3,(H,19,21). The molecule has 1 aromatic heterocycles. The number of carbonyl (C=O) groups is 2. The molecule has 0 aliphatic rings. The molecule has 2 rings (SSSR count). The largest absolute Gasteiger partial charge is 0.465 e. The number of thioether (sulfide) groups is 1. The van der Waals surface area contributed by atoms with E-state index in [-0.39, 0.29) is 5.91 Å². The van der Waals surface area contributed by atoms with Crippen LogP contribution in [-0.2, 0) is 15.3 Å². The van der Waals surface area contributed by atoms with Gasteiger partial charge < -0.3 is 10.1 Å². The number of hydrogen-bond donors (Lipinski definition) is 1. The lowest BCUT2D eigenvalue weighted by molar-refractivity contribution is -0.123. The van der Waals surface area contributed by atoms with Crippen molar-refractivity contribution < 1.29 is 14.3 Å². The molecule has 0 bridgehead atoms. The molecular formula is C18H21NO3S2. The van der Waals surface area contributed by atoms with Crippen molar-refractivity contribution in [3.63, 3.8) is 0 Å². The van der Waals surface area contributed by atoms with Crippen molar-refractivity contribution in [3.8, 4) is 0 Å². The van der Waals surface area contributed by atoms with E-state index in [9.17, 15) is 9.59 Å².